The van der Waals surface area contributed by atoms with Crippen LogP contribution in [0.3, 0.4) is 0 Å². The van der Waals surface area contributed by atoms with E-state index in [1.165, 1.54) is 6.20 Å². The van der Waals surface area contributed by atoms with Crippen molar-refractivity contribution in [1.29, 1.82) is 4.78 Å². The number of methoxy groups -OCH3 is 1. The minimum absolute atomic E-state index is 0.0388. The van der Waals surface area contributed by atoms with Crippen molar-refractivity contribution in [3.63, 3.8) is 0 Å². The van der Waals surface area contributed by atoms with Crippen LogP contribution in [0.2, 0.25) is 0 Å². The van der Waals surface area contributed by atoms with Crippen LogP contribution >= 0.6 is 0 Å². The van der Waals surface area contributed by atoms with Crippen molar-refractivity contribution >= 4 is 21.6 Å². The molecule has 2 amide bonds. The molecule has 3 unspecified atom stereocenters. The van der Waals surface area contributed by atoms with Crippen molar-refractivity contribution in [1.82, 2.24) is 14.5 Å². The van der Waals surface area contributed by atoms with Crippen molar-refractivity contribution in [2.24, 2.45) is 0 Å². The fraction of sp³-hybridized carbons (Fsp3) is 0.524. The van der Waals surface area contributed by atoms with E-state index in [0.717, 1.165) is 41.5 Å². The average molecular weight is 464 g/mol. The number of urea groups is 1. The molecule has 0 fully saturated rings. The molecule has 5 rings (SSSR count). The van der Waals surface area contributed by atoms with E-state index in [2.05, 4.69) is 15.1 Å². The Morgan fingerprint density at radius 1 is 1.44 bits per heavy atom. The highest BCUT2D eigenvalue weighted by Crippen LogP contribution is 2.44. The van der Waals surface area contributed by atoms with E-state index in [0.29, 0.717) is 31.9 Å². The predicted octanol–water partition coefficient (Wildman–Crippen LogP) is 2.92. The molecule has 0 saturated carbocycles. The van der Waals surface area contributed by atoms with Crippen molar-refractivity contribution in [3.05, 3.63) is 34.5 Å². The zero-order valence-electron chi connectivity index (χ0n) is 17.8. The highest BCUT2D eigenvalue weighted by Gasteiger charge is 2.34. The molecular weight excluding hydrogens is 437 g/mol. The second-order valence-corrected chi connectivity index (χ2v) is 10.3. The van der Waals surface area contributed by atoms with Gasteiger partial charge in [-0.25, -0.2) is 27.6 Å². The molecule has 3 aliphatic rings. The Bertz CT molecular complexity index is 1180. The lowest BCUT2D eigenvalue weighted by Crippen LogP contribution is -2.34. The van der Waals surface area contributed by atoms with Gasteiger partial charge in [-0.3, -0.25) is 0 Å². The Morgan fingerprint density at radius 3 is 3.09 bits per heavy atom. The average Bonchev–Trinajstić information content (AvgIpc) is 3.44. The van der Waals surface area contributed by atoms with Gasteiger partial charge in [-0.1, -0.05) is 6.07 Å². The SMILES string of the molecule is COCC1CCc2cc3c(c(NC(=O)NS(=N)(=O)c4cnn5c4OCCC5)c21)CC(F)C3. The molecular formula is C21H26FN5O4S. The van der Waals surface area contributed by atoms with E-state index in [1.54, 1.807) is 11.8 Å². The number of carbonyl (C=O) groups is 1. The molecule has 1 aromatic heterocycles. The lowest BCUT2D eigenvalue weighted by atomic mass is 9.94. The number of ether oxygens (including phenoxy) is 2. The van der Waals surface area contributed by atoms with Gasteiger partial charge in [0.25, 0.3) is 0 Å². The molecule has 172 valence electrons. The first-order chi connectivity index (χ1) is 15.4. The zero-order valence-corrected chi connectivity index (χ0v) is 18.6. The maximum Gasteiger partial charge on any atom is 0.331 e. The monoisotopic (exact) mass is 463 g/mol. The second-order valence-electron chi connectivity index (χ2n) is 8.51. The van der Waals surface area contributed by atoms with Gasteiger partial charge in [-0.2, -0.15) is 5.10 Å². The summed E-state index contributed by atoms with van der Waals surface area (Å²) in [6, 6.07) is 1.27. The minimum atomic E-state index is -3.71. The van der Waals surface area contributed by atoms with Gasteiger partial charge in [0.05, 0.1) is 19.4 Å². The Balaban J connectivity index is 1.44. The first kappa shape index (κ1) is 21.2. The summed E-state index contributed by atoms with van der Waals surface area (Å²) < 4.78 is 50.3. The number of amides is 2. The molecule has 1 aliphatic heterocycles. The van der Waals surface area contributed by atoms with Gasteiger partial charge < -0.3 is 14.8 Å². The number of alkyl halides is 1. The van der Waals surface area contributed by atoms with Crippen LogP contribution in [0, 0.1) is 4.78 Å². The third kappa shape index (κ3) is 3.62. The number of carbonyl (C=O) groups excluding carboxylic acids is 1. The minimum Gasteiger partial charge on any atom is -0.477 e. The fourth-order valence-electron chi connectivity index (χ4n) is 5.03. The van der Waals surface area contributed by atoms with Gasteiger partial charge in [0.2, 0.25) is 5.88 Å². The molecule has 0 radical (unpaired) electrons. The van der Waals surface area contributed by atoms with Gasteiger partial charge in [0.15, 0.2) is 9.92 Å². The normalized spacial score (nSPS) is 22.9. The zero-order chi connectivity index (χ0) is 22.5. The number of halogens is 1. The molecule has 0 bridgehead atoms. The molecule has 0 spiro atoms. The Labute approximate surface area is 185 Å². The first-order valence-corrected chi connectivity index (χ1v) is 12.3. The number of rotatable bonds is 5. The number of anilines is 1. The lowest BCUT2D eigenvalue weighted by Gasteiger charge is -2.21. The van der Waals surface area contributed by atoms with Crippen LogP contribution in [0.1, 0.15) is 41.0 Å². The third-order valence-electron chi connectivity index (χ3n) is 6.36. The molecule has 32 heavy (non-hydrogen) atoms. The maximum absolute atomic E-state index is 14.2. The topological polar surface area (TPSA) is 118 Å². The number of benzene rings is 1. The quantitative estimate of drug-likeness (QED) is 0.630. The number of aromatic nitrogens is 2. The van der Waals surface area contributed by atoms with E-state index >= 15 is 0 Å². The number of aryl methyl sites for hydroxylation is 2. The van der Waals surface area contributed by atoms with Gasteiger partial charge >= 0.3 is 6.03 Å². The summed E-state index contributed by atoms with van der Waals surface area (Å²) in [5.74, 6) is 0.337. The molecule has 2 aliphatic carbocycles. The number of hydrogen-bond donors (Lipinski definition) is 3. The standard InChI is InChI=1S/C21H26FN5O4S/c1-30-11-13-4-3-12-7-14-8-15(22)9-16(14)19(18(12)13)25-21(28)26-32(23,29)17-10-24-27-5-2-6-31-20(17)27/h7,10,13,15H,2-6,8-9,11H2,1H3,(H3,23,25,26,28,29). The van der Waals surface area contributed by atoms with E-state index in [4.69, 9.17) is 14.3 Å². The molecule has 2 aromatic rings. The largest absolute Gasteiger partial charge is 0.477 e. The smallest absolute Gasteiger partial charge is 0.331 e. The number of fused-ring (bicyclic) bond motifs is 3. The molecule has 0 saturated heterocycles. The molecule has 1 aromatic carbocycles. The maximum atomic E-state index is 14.2. The van der Waals surface area contributed by atoms with Crippen LogP contribution in [0.5, 0.6) is 5.88 Å². The Kier molecular flexibility index (Phi) is 5.32. The third-order valence-corrected chi connectivity index (χ3v) is 7.73. The Hall–Kier alpha value is -2.66. The van der Waals surface area contributed by atoms with Crippen LogP contribution in [-0.2, 0) is 40.5 Å². The highest BCUT2D eigenvalue weighted by atomic mass is 32.2. The molecule has 3 N–H and O–H groups in total. The van der Waals surface area contributed by atoms with E-state index in [9.17, 15) is 13.4 Å². The van der Waals surface area contributed by atoms with Gasteiger partial charge in [0.1, 0.15) is 11.1 Å². The predicted molar refractivity (Wildman–Crippen MR) is 115 cm³/mol. The number of nitrogens with zero attached hydrogens (tertiary/aromatic N) is 2. The van der Waals surface area contributed by atoms with Crippen LogP contribution in [0.15, 0.2) is 17.2 Å². The van der Waals surface area contributed by atoms with Crippen LogP contribution in [-0.4, -0.2) is 46.5 Å². The van der Waals surface area contributed by atoms with E-state index in [-0.39, 0.29) is 23.1 Å². The van der Waals surface area contributed by atoms with Gasteiger partial charge in [-0.05, 0) is 35.1 Å². The summed E-state index contributed by atoms with van der Waals surface area (Å²) in [5.41, 5.74) is 4.28. The van der Waals surface area contributed by atoms with Crippen LogP contribution in [0.4, 0.5) is 14.9 Å². The highest BCUT2D eigenvalue weighted by molar-refractivity contribution is 7.91. The number of nitrogens with one attached hydrogen (secondary N) is 3. The van der Waals surface area contributed by atoms with E-state index in [1.807, 2.05) is 6.07 Å². The summed E-state index contributed by atoms with van der Waals surface area (Å²) in [6.07, 6.45) is 3.34. The van der Waals surface area contributed by atoms with Crippen molar-refractivity contribution in [2.45, 2.75) is 55.6 Å². The van der Waals surface area contributed by atoms with Crippen molar-refractivity contribution < 1.29 is 22.9 Å². The molecule has 2 heterocycles. The summed E-state index contributed by atoms with van der Waals surface area (Å²) in [4.78, 5) is 13.0. The van der Waals surface area contributed by atoms with Gasteiger partial charge in [0, 0.05) is 44.5 Å². The fourth-order valence-corrected chi connectivity index (χ4v) is 6.06. The summed E-state index contributed by atoms with van der Waals surface area (Å²) in [6.45, 7) is 1.54. The van der Waals surface area contributed by atoms with Crippen LogP contribution in [0.25, 0.3) is 0 Å². The van der Waals surface area contributed by atoms with Crippen molar-refractivity contribution in [2.75, 3.05) is 25.6 Å². The van der Waals surface area contributed by atoms with E-state index < -0.39 is 22.1 Å². The summed E-state index contributed by atoms with van der Waals surface area (Å²) >= 11 is 0. The molecule has 9 nitrogen and oxygen atoms in total. The lowest BCUT2D eigenvalue weighted by molar-refractivity contribution is 0.179. The van der Waals surface area contributed by atoms with Crippen LogP contribution < -0.4 is 14.8 Å². The first-order valence-electron chi connectivity index (χ1n) is 10.7. The van der Waals surface area contributed by atoms with Gasteiger partial charge in [-0.15, -0.1) is 0 Å². The Morgan fingerprint density at radius 2 is 2.28 bits per heavy atom. The molecule has 11 heteroatoms. The summed E-state index contributed by atoms with van der Waals surface area (Å²) in [5, 5.41) is 6.92. The second kappa shape index (κ2) is 8.04. The summed E-state index contributed by atoms with van der Waals surface area (Å²) in [7, 11) is -2.08. The number of hydrogen-bond acceptors (Lipinski definition) is 6. The molecule has 3 atom stereocenters. The van der Waals surface area contributed by atoms with Crippen molar-refractivity contribution in [3.8, 4) is 5.88 Å².